The molecule has 0 saturated carbocycles. The second kappa shape index (κ2) is 4.44. The molecule has 0 radical (unpaired) electrons. The van der Waals surface area contributed by atoms with Gasteiger partial charge >= 0.3 is 0 Å². The number of rotatable bonds is 4. The van der Waals surface area contributed by atoms with Crippen molar-refractivity contribution in [3.8, 4) is 0 Å². The Kier molecular flexibility index (Phi) is 3.51. The molecule has 0 aliphatic rings. The molecule has 0 unspecified atom stereocenters. The molecule has 0 saturated heterocycles. The molecular weight excluding hydrogens is 166 g/mol. The fourth-order valence-corrected chi connectivity index (χ4v) is 1.75. The Labute approximate surface area is 78.6 Å². The fraction of sp³-hybridized carbons (Fsp3) is 0.600. The number of hydrogen-bond donors (Lipinski definition) is 2. The van der Waals surface area contributed by atoms with Crippen molar-refractivity contribution >= 4 is 0 Å². The lowest BCUT2D eigenvalue weighted by atomic mass is 10.1. The van der Waals surface area contributed by atoms with Gasteiger partial charge in [0.2, 0.25) is 0 Å². The first kappa shape index (κ1) is 10.3. The Morgan fingerprint density at radius 3 is 2.31 bits per heavy atom. The molecule has 3 heteroatoms. The van der Waals surface area contributed by atoms with Crippen LogP contribution in [0, 0.1) is 0 Å². The van der Waals surface area contributed by atoms with Crippen molar-refractivity contribution in [3.63, 3.8) is 0 Å². The summed E-state index contributed by atoms with van der Waals surface area (Å²) in [6, 6.07) is 0. The minimum atomic E-state index is -0.0527. The molecule has 0 fully saturated rings. The van der Waals surface area contributed by atoms with Crippen LogP contribution in [0.3, 0.4) is 0 Å². The lowest BCUT2D eigenvalue weighted by Crippen LogP contribution is -2.02. The average molecular weight is 183 g/mol. The maximum absolute atomic E-state index is 9.14. The van der Waals surface area contributed by atoms with Gasteiger partial charge in [0.1, 0.15) is 6.73 Å². The Bertz CT molecular complexity index is 252. The molecule has 0 spiro atoms. The van der Waals surface area contributed by atoms with Crippen LogP contribution in [0.2, 0.25) is 0 Å². The molecule has 1 aromatic heterocycles. The molecular formula is C10H17NO2. The zero-order valence-corrected chi connectivity index (χ0v) is 8.25. The van der Waals surface area contributed by atoms with E-state index in [1.165, 1.54) is 11.1 Å². The second-order valence-electron chi connectivity index (χ2n) is 3.06. The molecule has 0 aliphatic heterocycles. The highest BCUT2D eigenvalue weighted by molar-refractivity contribution is 5.32. The third kappa shape index (κ3) is 1.76. The van der Waals surface area contributed by atoms with Gasteiger partial charge in [-0.1, -0.05) is 13.8 Å². The van der Waals surface area contributed by atoms with Gasteiger partial charge in [-0.3, -0.25) is 0 Å². The number of aliphatic hydroxyl groups excluding tert-OH is 2. The molecule has 3 nitrogen and oxygen atoms in total. The molecule has 2 N–H and O–H groups in total. The average Bonchev–Trinajstić information content (AvgIpc) is 2.54. The fourth-order valence-electron chi connectivity index (χ4n) is 1.75. The summed E-state index contributed by atoms with van der Waals surface area (Å²) in [6.07, 6.45) is 3.78. The maximum atomic E-state index is 9.14. The third-order valence-electron chi connectivity index (χ3n) is 2.43. The van der Waals surface area contributed by atoms with Gasteiger partial charge in [-0.15, -0.1) is 0 Å². The summed E-state index contributed by atoms with van der Waals surface area (Å²) in [4.78, 5) is 0. The topological polar surface area (TPSA) is 45.4 Å². The minimum Gasteiger partial charge on any atom is -0.390 e. The summed E-state index contributed by atoms with van der Waals surface area (Å²) in [5.41, 5.74) is 3.25. The molecule has 13 heavy (non-hydrogen) atoms. The van der Waals surface area contributed by atoms with Crippen LogP contribution in [0.4, 0.5) is 0 Å². The van der Waals surface area contributed by atoms with Gasteiger partial charge in [0.25, 0.3) is 0 Å². The number of aryl methyl sites for hydroxylation is 1. The summed E-state index contributed by atoms with van der Waals surface area (Å²) >= 11 is 0. The lowest BCUT2D eigenvalue weighted by molar-refractivity contribution is 0.192. The Morgan fingerprint density at radius 2 is 1.92 bits per heavy atom. The summed E-state index contributed by atoms with van der Waals surface area (Å²) < 4.78 is 1.71. The normalized spacial score (nSPS) is 10.8. The molecule has 0 aromatic carbocycles. The molecule has 0 bridgehead atoms. The summed E-state index contributed by atoms with van der Waals surface area (Å²) in [6.45, 7) is 4.10. The maximum Gasteiger partial charge on any atom is 0.119 e. The molecule has 0 aliphatic carbocycles. The van der Waals surface area contributed by atoms with E-state index < -0.39 is 0 Å². The van der Waals surface area contributed by atoms with Gasteiger partial charge < -0.3 is 14.8 Å². The van der Waals surface area contributed by atoms with E-state index in [9.17, 15) is 0 Å². The van der Waals surface area contributed by atoms with E-state index in [1.54, 1.807) is 4.57 Å². The highest BCUT2D eigenvalue weighted by Gasteiger charge is 2.11. The zero-order valence-electron chi connectivity index (χ0n) is 8.25. The van der Waals surface area contributed by atoms with Crippen LogP contribution in [0.1, 0.15) is 30.7 Å². The minimum absolute atomic E-state index is 0.00370. The van der Waals surface area contributed by atoms with Crippen LogP contribution in [-0.4, -0.2) is 14.8 Å². The van der Waals surface area contributed by atoms with E-state index in [2.05, 4.69) is 13.8 Å². The molecule has 1 rings (SSSR count). The van der Waals surface area contributed by atoms with E-state index in [-0.39, 0.29) is 13.3 Å². The van der Waals surface area contributed by atoms with E-state index in [4.69, 9.17) is 10.2 Å². The van der Waals surface area contributed by atoms with Gasteiger partial charge in [-0.05, 0) is 24.0 Å². The van der Waals surface area contributed by atoms with Crippen molar-refractivity contribution in [2.24, 2.45) is 0 Å². The van der Waals surface area contributed by atoms with E-state index in [1.807, 2.05) is 6.20 Å². The first-order chi connectivity index (χ1) is 6.28. The summed E-state index contributed by atoms with van der Waals surface area (Å²) in [5, 5.41) is 18.2. The van der Waals surface area contributed by atoms with Crippen LogP contribution in [-0.2, 0) is 26.2 Å². The van der Waals surface area contributed by atoms with E-state index in [0.717, 1.165) is 18.5 Å². The first-order valence-corrected chi connectivity index (χ1v) is 4.69. The molecule has 74 valence electrons. The standard InChI is InChI=1S/C10H17NO2/c1-3-8-5-11(7-13)10(6-12)9(8)4-2/h5,12-13H,3-4,6-7H2,1-2H3. The van der Waals surface area contributed by atoms with Crippen molar-refractivity contribution in [1.82, 2.24) is 4.57 Å². The molecule has 0 amide bonds. The van der Waals surface area contributed by atoms with E-state index in [0.29, 0.717) is 0 Å². The largest absolute Gasteiger partial charge is 0.390 e. The van der Waals surface area contributed by atoms with Crippen LogP contribution < -0.4 is 0 Å². The van der Waals surface area contributed by atoms with Crippen LogP contribution in [0.15, 0.2) is 6.20 Å². The predicted octanol–water partition coefficient (Wildman–Crippen LogP) is 1.05. The van der Waals surface area contributed by atoms with Crippen molar-refractivity contribution in [2.75, 3.05) is 0 Å². The highest BCUT2D eigenvalue weighted by Crippen LogP contribution is 2.18. The zero-order chi connectivity index (χ0) is 9.84. The smallest absolute Gasteiger partial charge is 0.119 e. The van der Waals surface area contributed by atoms with E-state index >= 15 is 0 Å². The second-order valence-corrected chi connectivity index (χ2v) is 3.06. The quantitative estimate of drug-likeness (QED) is 0.733. The van der Waals surface area contributed by atoms with Gasteiger partial charge in [0, 0.05) is 11.9 Å². The first-order valence-electron chi connectivity index (χ1n) is 4.69. The molecule has 0 atom stereocenters. The van der Waals surface area contributed by atoms with Gasteiger partial charge in [0.05, 0.1) is 6.61 Å². The Hall–Kier alpha value is -0.800. The van der Waals surface area contributed by atoms with Crippen molar-refractivity contribution in [2.45, 2.75) is 40.0 Å². The van der Waals surface area contributed by atoms with Crippen molar-refractivity contribution < 1.29 is 10.2 Å². The van der Waals surface area contributed by atoms with Crippen LogP contribution in [0.5, 0.6) is 0 Å². The van der Waals surface area contributed by atoms with Crippen molar-refractivity contribution in [3.05, 3.63) is 23.0 Å². The van der Waals surface area contributed by atoms with Gasteiger partial charge in [-0.2, -0.15) is 0 Å². The summed E-state index contributed by atoms with van der Waals surface area (Å²) in [5.74, 6) is 0. The van der Waals surface area contributed by atoms with Gasteiger partial charge in [0.15, 0.2) is 0 Å². The van der Waals surface area contributed by atoms with Gasteiger partial charge in [-0.25, -0.2) is 0 Å². The molecule has 1 heterocycles. The van der Waals surface area contributed by atoms with Crippen molar-refractivity contribution in [1.29, 1.82) is 0 Å². The number of hydrogen-bond acceptors (Lipinski definition) is 2. The highest BCUT2D eigenvalue weighted by atomic mass is 16.3. The SMILES string of the molecule is CCc1cn(CO)c(CO)c1CC. The monoisotopic (exact) mass is 183 g/mol. The Balaban J connectivity index is 3.17. The lowest BCUT2D eigenvalue weighted by Gasteiger charge is -2.04. The van der Waals surface area contributed by atoms with Crippen LogP contribution in [0.25, 0.3) is 0 Å². The number of aromatic nitrogens is 1. The molecule has 1 aromatic rings. The number of nitrogens with zero attached hydrogens (tertiary/aromatic N) is 1. The summed E-state index contributed by atoms with van der Waals surface area (Å²) in [7, 11) is 0. The number of aliphatic hydroxyl groups is 2. The Morgan fingerprint density at radius 1 is 1.23 bits per heavy atom. The predicted molar refractivity (Wildman–Crippen MR) is 51.3 cm³/mol. The van der Waals surface area contributed by atoms with Crippen LogP contribution >= 0.6 is 0 Å². The third-order valence-corrected chi connectivity index (χ3v) is 2.43.